The Morgan fingerprint density at radius 3 is 2.73 bits per heavy atom. The Morgan fingerprint density at radius 2 is 2.20 bits per heavy atom. The summed E-state index contributed by atoms with van der Waals surface area (Å²) >= 11 is 0. The fraction of sp³-hybridized carbons (Fsp3) is 0.600. The van der Waals surface area contributed by atoms with E-state index in [9.17, 15) is 0 Å². The van der Waals surface area contributed by atoms with E-state index >= 15 is 0 Å². The first-order valence-corrected chi connectivity index (χ1v) is 5.08. The molecule has 0 atom stereocenters. The highest BCUT2D eigenvalue weighted by atomic mass is 16.5. The van der Waals surface area contributed by atoms with Gasteiger partial charge in [-0.2, -0.15) is 9.97 Å². The van der Waals surface area contributed by atoms with Gasteiger partial charge in [0.05, 0.1) is 7.11 Å². The van der Waals surface area contributed by atoms with Crippen LogP contribution in [0.2, 0.25) is 0 Å². The van der Waals surface area contributed by atoms with Crippen LogP contribution in [0.4, 0.5) is 11.8 Å². The Bertz CT molecular complexity index is 362. The van der Waals surface area contributed by atoms with Crippen molar-refractivity contribution in [3.05, 3.63) is 6.07 Å². The molecule has 0 unspecified atom stereocenters. The average molecular weight is 208 g/mol. The molecule has 0 saturated heterocycles. The zero-order valence-electron chi connectivity index (χ0n) is 9.08. The molecule has 5 heteroatoms. The van der Waals surface area contributed by atoms with Crippen molar-refractivity contribution in [2.24, 2.45) is 0 Å². The van der Waals surface area contributed by atoms with Gasteiger partial charge in [0, 0.05) is 11.6 Å². The third kappa shape index (κ3) is 2.11. The summed E-state index contributed by atoms with van der Waals surface area (Å²) in [5, 5.41) is 3.36. The van der Waals surface area contributed by atoms with Crippen molar-refractivity contribution < 1.29 is 4.74 Å². The highest BCUT2D eigenvalue weighted by molar-refractivity contribution is 5.45. The summed E-state index contributed by atoms with van der Waals surface area (Å²) < 4.78 is 5.03. The summed E-state index contributed by atoms with van der Waals surface area (Å²) in [7, 11) is 1.57. The van der Waals surface area contributed by atoms with Crippen LogP contribution in [-0.4, -0.2) is 22.6 Å². The largest absolute Gasteiger partial charge is 0.481 e. The number of aromatic nitrogens is 2. The lowest BCUT2D eigenvalue weighted by molar-refractivity contribution is 0.305. The maximum absolute atomic E-state index is 5.57. The monoisotopic (exact) mass is 208 g/mol. The standard InChI is InChI=1S/C10H16N4O/c1-10(4-3-5-10)14-7-6-8(15-2)13-9(11)12-7/h6H,3-5H2,1-2H3,(H3,11,12,13,14). The molecule has 0 aliphatic heterocycles. The molecule has 1 fully saturated rings. The summed E-state index contributed by atoms with van der Waals surface area (Å²) in [6, 6.07) is 1.76. The van der Waals surface area contributed by atoms with Crippen LogP contribution in [0.1, 0.15) is 26.2 Å². The number of hydrogen-bond donors (Lipinski definition) is 2. The molecule has 2 rings (SSSR count). The van der Waals surface area contributed by atoms with Crippen LogP contribution >= 0.6 is 0 Å². The first kappa shape index (κ1) is 10.0. The number of anilines is 2. The summed E-state index contributed by atoms with van der Waals surface area (Å²) in [4.78, 5) is 8.06. The fourth-order valence-corrected chi connectivity index (χ4v) is 1.75. The van der Waals surface area contributed by atoms with Crippen molar-refractivity contribution in [3.8, 4) is 5.88 Å². The molecule has 1 heterocycles. The number of ether oxygens (including phenoxy) is 1. The van der Waals surface area contributed by atoms with E-state index in [-0.39, 0.29) is 11.5 Å². The number of methoxy groups -OCH3 is 1. The van der Waals surface area contributed by atoms with Crippen LogP contribution in [0, 0.1) is 0 Å². The van der Waals surface area contributed by atoms with E-state index in [4.69, 9.17) is 10.5 Å². The minimum absolute atomic E-state index is 0.159. The van der Waals surface area contributed by atoms with Gasteiger partial charge < -0.3 is 15.8 Å². The minimum Gasteiger partial charge on any atom is -0.481 e. The molecule has 1 aromatic heterocycles. The Morgan fingerprint density at radius 1 is 1.47 bits per heavy atom. The molecule has 0 bridgehead atoms. The normalized spacial score (nSPS) is 18.0. The van der Waals surface area contributed by atoms with E-state index in [1.165, 1.54) is 19.3 Å². The lowest BCUT2D eigenvalue weighted by Crippen LogP contribution is -2.41. The van der Waals surface area contributed by atoms with E-state index in [1.54, 1.807) is 13.2 Å². The Balaban J connectivity index is 2.16. The van der Waals surface area contributed by atoms with Crippen molar-refractivity contribution in [1.29, 1.82) is 0 Å². The topological polar surface area (TPSA) is 73.1 Å². The minimum atomic E-state index is 0.159. The van der Waals surface area contributed by atoms with Crippen molar-refractivity contribution in [2.75, 3.05) is 18.2 Å². The van der Waals surface area contributed by atoms with E-state index in [2.05, 4.69) is 22.2 Å². The molecule has 0 amide bonds. The molecular formula is C10H16N4O. The average Bonchev–Trinajstić information content (AvgIpc) is 2.14. The second-order valence-corrected chi connectivity index (χ2v) is 4.19. The molecule has 82 valence electrons. The quantitative estimate of drug-likeness (QED) is 0.786. The number of hydrogen-bond acceptors (Lipinski definition) is 5. The molecule has 1 aliphatic rings. The van der Waals surface area contributed by atoms with Gasteiger partial charge >= 0.3 is 0 Å². The molecule has 0 aromatic carbocycles. The number of nitrogen functional groups attached to an aromatic ring is 1. The molecular weight excluding hydrogens is 192 g/mol. The molecule has 1 aliphatic carbocycles. The van der Waals surface area contributed by atoms with E-state index in [1.807, 2.05) is 0 Å². The van der Waals surface area contributed by atoms with Gasteiger partial charge in [0.2, 0.25) is 11.8 Å². The molecule has 5 nitrogen and oxygen atoms in total. The van der Waals surface area contributed by atoms with Gasteiger partial charge in [-0.15, -0.1) is 0 Å². The highest BCUT2D eigenvalue weighted by Crippen LogP contribution is 2.34. The van der Waals surface area contributed by atoms with Gasteiger partial charge in [-0.1, -0.05) is 0 Å². The number of nitrogens with two attached hydrogens (primary N) is 1. The summed E-state index contributed by atoms with van der Waals surface area (Å²) in [5.41, 5.74) is 5.73. The number of nitrogens with one attached hydrogen (secondary N) is 1. The first-order valence-electron chi connectivity index (χ1n) is 5.08. The van der Waals surface area contributed by atoms with Crippen LogP contribution < -0.4 is 15.8 Å². The number of nitrogens with zero attached hydrogens (tertiary/aromatic N) is 2. The van der Waals surface area contributed by atoms with Crippen LogP contribution in [0.3, 0.4) is 0 Å². The predicted molar refractivity (Wildman–Crippen MR) is 58.9 cm³/mol. The van der Waals surface area contributed by atoms with Gasteiger partial charge in [-0.25, -0.2) is 0 Å². The van der Waals surface area contributed by atoms with Crippen LogP contribution in [0.15, 0.2) is 6.07 Å². The molecule has 3 N–H and O–H groups in total. The van der Waals surface area contributed by atoms with Gasteiger partial charge in [0.25, 0.3) is 0 Å². The molecule has 15 heavy (non-hydrogen) atoms. The second-order valence-electron chi connectivity index (χ2n) is 4.19. The van der Waals surface area contributed by atoms with Gasteiger partial charge in [0.1, 0.15) is 5.82 Å². The van der Waals surface area contributed by atoms with E-state index in [0.29, 0.717) is 5.88 Å². The van der Waals surface area contributed by atoms with Crippen LogP contribution in [-0.2, 0) is 0 Å². The Kier molecular flexibility index (Phi) is 2.38. The third-order valence-corrected chi connectivity index (χ3v) is 2.82. The summed E-state index contributed by atoms with van der Waals surface area (Å²) in [5.74, 6) is 1.47. The molecule has 1 saturated carbocycles. The van der Waals surface area contributed by atoms with Crippen molar-refractivity contribution in [3.63, 3.8) is 0 Å². The van der Waals surface area contributed by atoms with Crippen LogP contribution in [0.5, 0.6) is 5.88 Å². The molecule has 0 radical (unpaired) electrons. The van der Waals surface area contributed by atoms with Crippen molar-refractivity contribution >= 4 is 11.8 Å². The zero-order valence-corrected chi connectivity index (χ0v) is 9.08. The van der Waals surface area contributed by atoms with Gasteiger partial charge in [-0.05, 0) is 26.2 Å². The zero-order chi connectivity index (χ0) is 10.9. The van der Waals surface area contributed by atoms with Crippen LogP contribution in [0.25, 0.3) is 0 Å². The lowest BCUT2D eigenvalue weighted by atomic mass is 9.78. The smallest absolute Gasteiger partial charge is 0.225 e. The Hall–Kier alpha value is -1.52. The number of rotatable bonds is 3. The fourth-order valence-electron chi connectivity index (χ4n) is 1.75. The van der Waals surface area contributed by atoms with Crippen molar-refractivity contribution in [2.45, 2.75) is 31.7 Å². The third-order valence-electron chi connectivity index (χ3n) is 2.82. The maximum atomic E-state index is 5.57. The van der Waals surface area contributed by atoms with Crippen molar-refractivity contribution in [1.82, 2.24) is 9.97 Å². The molecule has 0 spiro atoms. The SMILES string of the molecule is COc1cc(NC2(C)CCC2)nc(N)n1. The van der Waals surface area contributed by atoms with Gasteiger partial charge in [-0.3, -0.25) is 0 Å². The Labute approximate surface area is 89.1 Å². The lowest BCUT2D eigenvalue weighted by Gasteiger charge is -2.39. The second kappa shape index (κ2) is 3.56. The maximum Gasteiger partial charge on any atom is 0.225 e. The summed E-state index contributed by atoms with van der Waals surface area (Å²) in [6.45, 7) is 2.18. The molecule has 1 aromatic rings. The first-order chi connectivity index (χ1) is 7.11. The van der Waals surface area contributed by atoms with E-state index in [0.717, 1.165) is 5.82 Å². The summed E-state index contributed by atoms with van der Waals surface area (Å²) in [6.07, 6.45) is 3.60. The highest BCUT2D eigenvalue weighted by Gasteiger charge is 2.31. The van der Waals surface area contributed by atoms with E-state index < -0.39 is 0 Å². The van der Waals surface area contributed by atoms with Gasteiger partial charge in [0.15, 0.2) is 0 Å². The predicted octanol–water partition coefficient (Wildman–Crippen LogP) is 1.42.